The Kier molecular flexibility index (Phi) is 6.64. The van der Waals surface area contributed by atoms with Crippen molar-refractivity contribution in [3.05, 3.63) is 30.0 Å². The first-order chi connectivity index (χ1) is 14.7. The second-order valence-corrected chi connectivity index (χ2v) is 8.59. The zero-order valence-corrected chi connectivity index (χ0v) is 18.3. The Morgan fingerprint density at radius 3 is 3.07 bits per heavy atom. The molecule has 7 nitrogen and oxygen atoms in total. The van der Waals surface area contributed by atoms with E-state index >= 15 is 0 Å². The summed E-state index contributed by atoms with van der Waals surface area (Å²) in [6, 6.07) is -0.129. The molecule has 2 aromatic rings. The number of methoxy groups -OCH3 is 1. The molecular formula is C22H28N4O3S. The molecular weight excluding hydrogens is 400 g/mol. The minimum atomic E-state index is -0.129. The predicted octanol–water partition coefficient (Wildman–Crippen LogP) is 4.71. The van der Waals surface area contributed by atoms with Gasteiger partial charge in [0.05, 0.1) is 18.4 Å². The SMILES string of the molecule is CCN(CC1CCCOC1)C(=O)Nc1nc2c(OC)ncc(C3=CC=CCC3)c2s1. The number of fused-ring (bicyclic) bond motifs is 1. The molecule has 1 atom stereocenters. The van der Waals surface area contributed by atoms with Gasteiger partial charge in [0.25, 0.3) is 0 Å². The highest BCUT2D eigenvalue weighted by atomic mass is 32.1. The van der Waals surface area contributed by atoms with Gasteiger partial charge in [0.1, 0.15) is 5.52 Å². The molecule has 1 saturated heterocycles. The van der Waals surface area contributed by atoms with Crippen LogP contribution >= 0.6 is 11.3 Å². The number of anilines is 1. The largest absolute Gasteiger partial charge is 0.479 e. The third-order valence-corrected chi connectivity index (χ3v) is 6.56. The summed E-state index contributed by atoms with van der Waals surface area (Å²) >= 11 is 1.47. The fourth-order valence-electron chi connectivity index (χ4n) is 3.94. The monoisotopic (exact) mass is 428 g/mol. The van der Waals surface area contributed by atoms with E-state index in [4.69, 9.17) is 9.47 Å². The minimum Gasteiger partial charge on any atom is -0.479 e. The number of urea groups is 1. The molecule has 1 N–H and O–H groups in total. The van der Waals surface area contributed by atoms with E-state index in [1.54, 1.807) is 7.11 Å². The van der Waals surface area contributed by atoms with Crippen LogP contribution < -0.4 is 10.1 Å². The van der Waals surface area contributed by atoms with Gasteiger partial charge in [-0.2, -0.15) is 0 Å². The van der Waals surface area contributed by atoms with E-state index in [1.165, 1.54) is 16.9 Å². The van der Waals surface area contributed by atoms with Crippen LogP contribution in [-0.4, -0.2) is 54.3 Å². The first kappa shape index (κ1) is 20.8. The third-order valence-electron chi connectivity index (χ3n) is 5.55. The zero-order chi connectivity index (χ0) is 20.9. The van der Waals surface area contributed by atoms with Crippen LogP contribution in [0.5, 0.6) is 5.88 Å². The number of ether oxygens (including phenoxy) is 2. The van der Waals surface area contributed by atoms with Crippen LogP contribution in [0.2, 0.25) is 0 Å². The molecule has 1 unspecified atom stereocenters. The number of carbonyl (C=O) groups is 1. The second kappa shape index (κ2) is 9.57. The van der Waals surface area contributed by atoms with Crippen molar-refractivity contribution in [2.45, 2.75) is 32.6 Å². The molecule has 8 heteroatoms. The molecule has 4 rings (SSSR count). The summed E-state index contributed by atoms with van der Waals surface area (Å²) in [5, 5.41) is 3.55. The van der Waals surface area contributed by atoms with E-state index in [9.17, 15) is 4.79 Å². The maximum Gasteiger partial charge on any atom is 0.323 e. The normalized spacial score (nSPS) is 18.9. The van der Waals surface area contributed by atoms with Gasteiger partial charge in [-0.05, 0) is 38.2 Å². The van der Waals surface area contributed by atoms with E-state index in [0.29, 0.717) is 35.5 Å². The lowest BCUT2D eigenvalue weighted by molar-refractivity contribution is 0.0445. The van der Waals surface area contributed by atoms with Crippen LogP contribution in [0.15, 0.2) is 24.4 Å². The molecule has 2 amide bonds. The summed E-state index contributed by atoms with van der Waals surface area (Å²) in [7, 11) is 1.59. The number of rotatable bonds is 6. The lowest BCUT2D eigenvalue weighted by Gasteiger charge is -2.28. The lowest BCUT2D eigenvalue weighted by Crippen LogP contribution is -2.40. The standard InChI is InChI=1S/C22H28N4O3S/c1-3-26(13-15-8-7-11-29-14-15)22(27)25-21-24-18-19(30-21)17(12-23-20(18)28-2)16-9-5-4-6-10-16/h4-5,9,12,15H,3,6-8,10-11,13-14H2,1-2H3,(H,24,25,27). The summed E-state index contributed by atoms with van der Waals surface area (Å²) in [6.07, 6.45) is 12.3. The molecule has 1 aliphatic heterocycles. The molecule has 0 saturated carbocycles. The third kappa shape index (κ3) is 4.49. The second-order valence-electron chi connectivity index (χ2n) is 7.59. The smallest absolute Gasteiger partial charge is 0.323 e. The van der Waals surface area contributed by atoms with Crippen molar-refractivity contribution < 1.29 is 14.3 Å². The molecule has 1 fully saturated rings. The topological polar surface area (TPSA) is 76.6 Å². The number of aromatic nitrogens is 2. The summed E-state index contributed by atoms with van der Waals surface area (Å²) in [5.74, 6) is 0.867. The van der Waals surface area contributed by atoms with Crippen LogP contribution in [0.25, 0.3) is 15.8 Å². The summed E-state index contributed by atoms with van der Waals surface area (Å²) in [4.78, 5) is 23.8. The number of hydrogen-bond donors (Lipinski definition) is 1. The number of hydrogen-bond acceptors (Lipinski definition) is 6. The predicted molar refractivity (Wildman–Crippen MR) is 120 cm³/mol. The highest BCUT2D eigenvalue weighted by molar-refractivity contribution is 7.22. The van der Waals surface area contributed by atoms with Crippen LogP contribution in [0.4, 0.5) is 9.93 Å². The van der Waals surface area contributed by atoms with Gasteiger partial charge in [0.15, 0.2) is 5.13 Å². The first-order valence-corrected chi connectivity index (χ1v) is 11.3. The molecule has 2 aromatic heterocycles. The molecule has 0 aromatic carbocycles. The maximum atomic E-state index is 12.9. The Morgan fingerprint density at radius 1 is 1.47 bits per heavy atom. The lowest BCUT2D eigenvalue weighted by atomic mass is 9.99. The van der Waals surface area contributed by atoms with Gasteiger partial charge < -0.3 is 14.4 Å². The number of nitrogens with one attached hydrogen (secondary N) is 1. The molecule has 0 bridgehead atoms. The summed E-state index contributed by atoms with van der Waals surface area (Å²) in [5.41, 5.74) is 2.97. The van der Waals surface area contributed by atoms with Gasteiger partial charge in [-0.15, -0.1) is 0 Å². The molecule has 0 spiro atoms. The van der Waals surface area contributed by atoms with E-state index in [-0.39, 0.29) is 6.03 Å². The Hall–Kier alpha value is -2.45. The van der Waals surface area contributed by atoms with E-state index in [2.05, 4.69) is 33.5 Å². The first-order valence-electron chi connectivity index (χ1n) is 10.5. The van der Waals surface area contributed by atoms with Crippen molar-refractivity contribution in [3.8, 4) is 5.88 Å². The molecule has 0 radical (unpaired) electrons. The summed E-state index contributed by atoms with van der Waals surface area (Å²) in [6.45, 7) is 4.88. The molecule has 160 valence electrons. The van der Waals surface area contributed by atoms with Gasteiger partial charge >= 0.3 is 6.03 Å². The minimum absolute atomic E-state index is 0.129. The maximum absolute atomic E-state index is 12.9. The molecule has 2 aliphatic rings. The van der Waals surface area contributed by atoms with Crippen molar-refractivity contribution in [1.29, 1.82) is 0 Å². The highest BCUT2D eigenvalue weighted by Crippen LogP contribution is 2.38. The van der Waals surface area contributed by atoms with Crippen molar-refractivity contribution in [1.82, 2.24) is 14.9 Å². The quantitative estimate of drug-likeness (QED) is 0.721. The van der Waals surface area contributed by atoms with E-state index in [0.717, 1.165) is 49.2 Å². The Morgan fingerprint density at radius 2 is 2.37 bits per heavy atom. The van der Waals surface area contributed by atoms with Crippen LogP contribution in [0, 0.1) is 5.92 Å². The fraction of sp³-hybridized carbons (Fsp3) is 0.500. The van der Waals surface area contributed by atoms with Crippen molar-refractivity contribution in [2.24, 2.45) is 5.92 Å². The Labute approximate surface area is 180 Å². The zero-order valence-electron chi connectivity index (χ0n) is 17.5. The number of carbonyl (C=O) groups excluding carboxylic acids is 1. The van der Waals surface area contributed by atoms with Crippen molar-refractivity contribution in [2.75, 3.05) is 38.7 Å². The molecule has 1 aliphatic carbocycles. The van der Waals surface area contributed by atoms with E-state index in [1.807, 2.05) is 18.0 Å². The Balaban J connectivity index is 1.57. The van der Waals surface area contributed by atoms with Crippen LogP contribution in [0.1, 0.15) is 38.2 Å². The van der Waals surface area contributed by atoms with Gasteiger partial charge in [-0.1, -0.05) is 29.6 Å². The number of allylic oxidation sites excluding steroid dienone is 4. The molecule has 3 heterocycles. The van der Waals surface area contributed by atoms with Gasteiger partial charge in [-0.25, -0.2) is 14.8 Å². The van der Waals surface area contributed by atoms with Crippen molar-refractivity contribution >= 4 is 38.3 Å². The average Bonchev–Trinajstić information content (AvgIpc) is 3.21. The van der Waals surface area contributed by atoms with Crippen molar-refractivity contribution in [3.63, 3.8) is 0 Å². The number of amides is 2. The van der Waals surface area contributed by atoms with Gasteiger partial charge in [-0.3, -0.25) is 5.32 Å². The Bertz CT molecular complexity index is 963. The van der Waals surface area contributed by atoms with E-state index < -0.39 is 0 Å². The number of nitrogens with zero attached hydrogens (tertiary/aromatic N) is 3. The average molecular weight is 429 g/mol. The molecule has 30 heavy (non-hydrogen) atoms. The fourth-order valence-corrected chi connectivity index (χ4v) is 4.93. The number of pyridine rings is 1. The highest BCUT2D eigenvalue weighted by Gasteiger charge is 2.22. The van der Waals surface area contributed by atoms with Gasteiger partial charge in [0.2, 0.25) is 5.88 Å². The van der Waals surface area contributed by atoms with Crippen LogP contribution in [-0.2, 0) is 4.74 Å². The van der Waals surface area contributed by atoms with Crippen LogP contribution in [0.3, 0.4) is 0 Å². The number of thiazole rings is 1. The summed E-state index contributed by atoms with van der Waals surface area (Å²) < 4.78 is 12.0. The van der Waals surface area contributed by atoms with Gasteiger partial charge in [0, 0.05) is 37.4 Å².